The van der Waals surface area contributed by atoms with Crippen LogP contribution in [0.5, 0.6) is 0 Å². The molecule has 0 aliphatic heterocycles. The van der Waals surface area contributed by atoms with Crippen molar-refractivity contribution in [2.45, 2.75) is 39.2 Å². The van der Waals surface area contributed by atoms with Crippen molar-refractivity contribution in [1.82, 2.24) is 0 Å². The van der Waals surface area contributed by atoms with Crippen LogP contribution in [0.3, 0.4) is 0 Å². The summed E-state index contributed by atoms with van der Waals surface area (Å²) in [6.45, 7) is 6.54. The number of hydrogen-bond acceptors (Lipinski definition) is 3. The molecule has 16 heavy (non-hydrogen) atoms. The number of furan rings is 1. The highest BCUT2D eigenvalue weighted by Gasteiger charge is 2.38. The second-order valence-electron chi connectivity index (χ2n) is 5.65. The van der Waals surface area contributed by atoms with E-state index in [-0.39, 0.29) is 5.41 Å². The second kappa shape index (κ2) is 3.90. The maximum Gasteiger partial charge on any atom is 0.133 e. The second-order valence-corrected chi connectivity index (χ2v) is 5.65. The van der Waals surface area contributed by atoms with Crippen LogP contribution in [0.4, 0.5) is 0 Å². The molecular weight excluding hydrogens is 202 g/mol. The Bertz CT molecular complexity index is 370. The fraction of sp³-hybridized carbons (Fsp3) is 0.692. The first kappa shape index (κ1) is 11.7. The molecule has 90 valence electrons. The molecule has 3 heteroatoms. The predicted molar refractivity (Wildman–Crippen MR) is 63.0 cm³/mol. The van der Waals surface area contributed by atoms with Gasteiger partial charge in [0.25, 0.3) is 0 Å². The van der Waals surface area contributed by atoms with Crippen LogP contribution < -0.4 is 5.73 Å². The lowest BCUT2D eigenvalue weighted by atomic mass is 9.85. The average molecular weight is 223 g/mol. The van der Waals surface area contributed by atoms with Gasteiger partial charge in [-0.25, -0.2) is 0 Å². The molecule has 1 fully saturated rings. The van der Waals surface area contributed by atoms with E-state index < -0.39 is 6.10 Å². The lowest BCUT2D eigenvalue weighted by Crippen LogP contribution is -2.30. The number of hydrogen-bond donors (Lipinski definition) is 2. The first-order valence-electron chi connectivity index (χ1n) is 5.93. The molecule has 3 N–H and O–H groups in total. The van der Waals surface area contributed by atoms with E-state index in [1.165, 1.54) is 6.42 Å². The van der Waals surface area contributed by atoms with Crippen molar-refractivity contribution in [3.05, 3.63) is 23.7 Å². The highest BCUT2D eigenvalue weighted by Crippen LogP contribution is 2.48. The molecule has 0 aromatic carbocycles. The molecule has 0 radical (unpaired) electrons. The molecule has 1 aliphatic carbocycles. The van der Waals surface area contributed by atoms with Gasteiger partial charge in [-0.3, -0.25) is 0 Å². The maximum atomic E-state index is 10.2. The molecule has 1 saturated carbocycles. The van der Waals surface area contributed by atoms with Gasteiger partial charge in [-0.1, -0.05) is 20.8 Å². The molecular formula is C13H21NO2. The number of nitrogens with two attached hydrogens (primary N) is 1. The summed E-state index contributed by atoms with van der Waals surface area (Å²) in [7, 11) is 0. The van der Waals surface area contributed by atoms with Crippen LogP contribution in [0, 0.1) is 11.3 Å². The monoisotopic (exact) mass is 223 g/mol. The van der Waals surface area contributed by atoms with Crippen LogP contribution in [0.15, 0.2) is 16.5 Å². The number of rotatable bonds is 4. The first-order chi connectivity index (χ1) is 7.45. The summed E-state index contributed by atoms with van der Waals surface area (Å²) in [5, 5.41) is 10.2. The van der Waals surface area contributed by atoms with Gasteiger partial charge in [-0.05, 0) is 24.5 Å². The van der Waals surface area contributed by atoms with Crippen LogP contribution in [-0.4, -0.2) is 11.7 Å². The zero-order chi connectivity index (χ0) is 11.9. The number of aliphatic hydroxyl groups excluding tert-OH is 1. The van der Waals surface area contributed by atoms with Crippen molar-refractivity contribution >= 4 is 0 Å². The van der Waals surface area contributed by atoms with Gasteiger partial charge in [0.15, 0.2) is 0 Å². The third-order valence-corrected chi connectivity index (χ3v) is 3.66. The predicted octanol–water partition coefficient (Wildman–Crippen LogP) is 2.42. The zero-order valence-corrected chi connectivity index (χ0v) is 10.2. The van der Waals surface area contributed by atoms with Gasteiger partial charge in [-0.15, -0.1) is 0 Å². The van der Waals surface area contributed by atoms with Crippen molar-refractivity contribution in [1.29, 1.82) is 0 Å². The van der Waals surface area contributed by atoms with Gasteiger partial charge in [0.2, 0.25) is 0 Å². The van der Waals surface area contributed by atoms with Crippen LogP contribution in [0.1, 0.15) is 50.7 Å². The summed E-state index contributed by atoms with van der Waals surface area (Å²) in [5.41, 5.74) is 5.30. The Morgan fingerprint density at radius 3 is 2.69 bits per heavy atom. The molecule has 0 bridgehead atoms. The fourth-order valence-corrected chi connectivity index (χ4v) is 1.93. The highest BCUT2D eigenvalue weighted by molar-refractivity contribution is 5.19. The van der Waals surface area contributed by atoms with E-state index in [4.69, 9.17) is 10.2 Å². The van der Waals surface area contributed by atoms with Crippen LogP contribution >= 0.6 is 0 Å². The lowest BCUT2D eigenvalue weighted by Gasteiger charge is -2.27. The molecule has 1 aliphatic rings. The third kappa shape index (κ3) is 2.02. The van der Waals surface area contributed by atoms with Crippen molar-refractivity contribution in [2.75, 3.05) is 6.54 Å². The van der Waals surface area contributed by atoms with E-state index in [1.807, 2.05) is 26.0 Å². The average Bonchev–Trinajstić information content (AvgIpc) is 2.81. The zero-order valence-electron chi connectivity index (χ0n) is 10.2. The third-order valence-electron chi connectivity index (χ3n) is 3.66. The minimum Gasteiger partial charge on any atom is -0.463 e. The Labute approximate surface area is 96.6 Å². The topological polar surface area (TPSA) is 59.4 Å². The molecule has 0 saturated heterocycles. The highest BCUT2D eigenvalue weighted by atomic mass is 16.4. The van der Waals surface area contributed by atoms with E-state index >= 15 is 0 Å². The summed E-state index contributed by atoms with van der Waals surface area (Å²) in [5.74, 6) is 2.93. The summed E-state index contributed by atoms with van der Waals surface area (Å²) in [4.78, 5) is 0. The Kier molecular flexibility index (Phi) is 2.84. The van der Waals surface area contributed by atoms with Crippen molar-refractivity contribution in [3.63, 3.8) is 0 Å². The van der Waals surface area contributed by atoms with Crippen molar-refractivity contribution in [2.24, 2.45) is 17.1 Å². The summed E-state index contributed by atoms with van der Waals surface area (Å²) in [6.07, 6.45) is 0.573. The van der Waals surface area contributed by atoms with E-state index in [2.05, 4.69) is 6.92 Å². The Balaban J connectivity index is 2.12. The van der Waals surface area contributed by atoms with Gasteiger partial charge in [0.1, 0.15) is 17.6 Å². The van der Waals surface area contributed by atoms with Gasteiger partial charge in [-0.2, -0.15) is 0 Å². The van der Waals surface area contributed by atoms with Crippen LogP contribution in [0.25, 0.3) is 0 Å². The SMILES string of the molecule is CC1CC1c1ccc(C(O)C(C)(C)CN)o1. The molecule has 2 rings (SSSR count). The van der Waals surface area contributed by atoms with Gasteiger partial charge >= 0.3 is 0 Å². The molecule has 3 unspecified atom stereocenters. The standard InChI is InChI=1S/C13H21NO2/c1-8-6-9(8)10-4-5-11(16-10)12(15)13(2,3)7-14/h4-5,8-9,12,15H,6-7,14H2,1-3H3. The molecule has 1 aromatic heterocycles. The largest absolute Gasteiger partial charge is 0.463 e. The Morgan fingerprint density at radius 2 is 2.19 bits per heavy atom. The molecule has 0 amide bonds. The summed E-state index contributed by atoms with van der Waals surface area (Å²) >= 11 is 0. The Hall–Kier alpha value is -0.800. The molecule has 3 nitrogen and oxygen atoms in total. The van der Waals surface area contributed by atoms with Gasteiger partial charge in [0, 0.05) is 17.9 Å². The van der Waals surface area contributed by atoms with Crippen LogP contribution in [0.2, 0.25) is 0 Å². The molecule has 1 aromatic rings. The van der Waals surface area contributed by atoms with Crippen molar-refractivity contribution in [3.8, 4) is 0 Å². The summed E-state index contributed by atoms with van der Waals surface area (Å²) < 4.78 is 5.72. The van der Waals surface area contributed by atoms with E-state index in [0.29, 0.717) is 18.2 Å². The number of aliphatic hydroxyl groups is 1. The van der Waals surface area contributed by atoms with Crippen LogP contribution in [-0.2, 0) is 0 Å². The van der Waals surface area contributed by atoms with Gasteiger partial charge < -0.3 is 15.3 Å². The lowest BCUT2D eigenvalue weighted by molar-refractivity contribution is 0.0360. The van der Waals surface area contributed by atoms with E-state index in [9.17, 15) is 5.11 Å². The van der Waals surface area contributed by atoms with Crippen molar-refractivity contribution < 1.29 is 9.52 Å². The maximum absolute atomic E-state index is 10.2. The molecule has 1 heterocycles. The first-order valence-corrected chi connectivity index (χ1v) is 5.93. The minimum atomic E-state index is -0.625. The smallest absolute Gasteiger partial charge is 0.133 e. The normalized spacial score (nSPS) is 26.8. The quantitative estimate of drug-likeness (QED) is 0.824. The van der Waals surface area contributed by atoms with E-state index in [1.54, 1.807) is 0 Å². The van der Waals surface area contributed by atoms with E-state index in [0.717, 1.165) is 11.7 Å². The summed E-state index contributed by atoms with van der Waals surface area (Å²) in [6, 6.07) is 3.86. The van der Waals surface area contributed by atoms with Gasteiger partial charge in [0.05, 0.1) is 0 Å². The minimum absolute atomic E-state index is 0.343. The molecule has 0 spiro atoms. The molecule has 3 atom stereocenters. The fourth-order valence-electron chi connectivity index (χ4n) is 1.93. The Morgan fingerprint density at radius 1 is 1.56 bits per heavy atom.